The summed E-state index contributed by atoms with van der Waals surface area (Å²) in [6.45, 7) is 13.1. The molecule has 4 fully saturated rings. The number of aliphatic hydroxyl groups excluding tert-OH is 1. The van der Waals surface area contributed by atoms with E-state index >= 15 is 0 Å². The number of esters is 1. The van der Waals surface area contributed by atoms with Crippen LogP contribution in [-0.2, 0) is 19.1 Å². The number of hydrogen-bond donors (Lipinski definition) is 1. The van der Waals surface area contributed by atoms with Gasteiger partial charge in [-0.1, -0.05) is 47.1 Å². The summed E-state index contributed by atoms with van der Waals surface area (Å²) in [4.78, 5) is 40.7. The lowest BCUT2D eigenvalue weighted by Gasteiger charge is -2.65. The van der Waals surface area contributed by atoms with E-state index in [1.54, 1.807) is 0 Å². The lowest BCUT2D eigenvalue weighted by atomic mass is 9.37. The molecule has 5 rings (SSSR count). The Kier molecular flexibility index (Phi) is 5.58. The molecule has 0 bridgehead atoms. The lowest BCUT2D eigenvalue weighted by molar-refractivity contribution is -0.178. The molecule has 198 valence electrons. The van der Waals surface area contributed by atoms with Gasteiger partial charge in [-0.25, -0.2) is 0 Å². The zero-order valence-electron chi connectivity index (χ0n) is 23.2. The molecule has 0 aliphatic heterocycles. The van der Waals surface area contributed by atoms with Crippen LogP contribution >= 0.6 is 0 Å². The summed E-state index contributed by atoms with van der Waals surface area (Å²) >= 11 is 0. The van der Waals surface area contributed by atoms with Crippen LogP contribution in [0.5, 0.6) is 0 Å². The molecular weight excluding hydrogens is 452 g/mol. The van der Waals surface area contributed by atoms with E-state index in [0.717, 1.165) is 51.2 Å². The van der Waals surface area contributed by atoms with Gasteiger partial charge in [0.15, 0.2) is 11.6 Å². The summed E-state index contributed by atoms with van der Waals surface area (Å²) in [6, 6.07) is 0. The molecule has 5 heteroatoms. The molecule has 5 nitrogen and oxygen atoms in total. The minimum Gasteiger partial charge on any atom is -0.515 e. The molecule has 4 saturated carbocycles. The molecule has 1 N–H and O–H groups in total. The number of hydrogen-bond acceptors (Lipinski definition) is 5. The number of carbonyl (C=O) groups excluding carboxylic acids is 3. The first-order valence-electron chi connectivity index (χ1n) is 13.9. The average Bonchev–Trinajstić information content (AvgIpc) is 2.81. The minimum atomic E-state index is -0.594. The van der Waals surface area contributed by atoms with E-state index < -0.39 is 10.8 Å². The van der Waals surface area contributed by atoms with E-state index in [9.17, 15) is 19.5 Å². The lowest BCUT2D eigenvalue weighted by Crippen LogP contribution is -2.62. The molecular formula is C31H44O5. The van der Waals surface area contributed by atoms with Gasteiger partial charge in [-0.15, -0.1) is 0 Å². The van der Waals surface area contributed by atoms with Crippen molar-refractivity contribution in [3.05, 3.63) is 23.5 Å². The summed E-state index contributed by atoms with van der Waals surface area (Å²) in [5.74, 6) is 0.193. The standard InChI is InChI=1S/C31H44O5/c1-27(2)12-13-31(26(35)36-7)11-8-19-24(20(31)16-27)21(33)14-23-29(19,5)10-9-22-28(3,4)25(34)18(17-32)15-30(22,23)6/h14,17,19-20,22,24,32H,8-13,15-16H2,1-7H3/b18-17-. The van der Waals surface area contributed by atoms with Crippen LogP contribution < -0.4 is 0 Å². The topological polar surface area (TPSA) is 80.7 Å². The van der Waals surface area contributed by atoms with Gasteiger partial charge < -0.3 is 9.84 Å². The fraction of sp³-hybridized carbons (Fsp3) is 0.774. The summed E-state index contributed by atoms with van der Waals surface area (Å²) in [5, 5.41) is 9.97. The van der Waals surface area contributed by atoms with Crippen molar-refractivity contribution < 1.29 is 24.2 Å². The molecule has 7 atom stereocenters. The first-order chi connectivity index (χ1) is 16.7. The maximum atomic E-state index is 14.2. The van der Waals surface area contributed by atoms with Crippen LogP contribution in [0, 0.1) is 50.7 Å². The monoisotopic (exact) mass is 496 g/mol. The van der Waals surface area contributed by atoms with Gasteiger partial charge in [0.2, 0.25) is 0 Å². The van der Waals surface area contributed by atoms with Crippen LogP contribution in [0.15, 0.2) is 23.5 Å². The maximum Gasteiger partial charge on any atom is 0.312 e. The molecule has 0 radical (unpaired) electrons. The number of aliphatic hydroxyl groups is 1. The smallest absolute Gasteiger partial charge is 0.312 e. The Bertz CT molecular complexity index is 1080. The Labute approximate surface area is 216 Å². The van der Waals surface area contributed by atoms with Crippen LogP contribution in [0.2, 0.25) is 0 Å². The molecule has 0 saturated heterocycles. The molecule has 5 aliphatic rings. The van der Waals surface area contributed by atoms with Crippen LogP contribution in [-0.4, -0.2) is 29.8 Å². The summed E-state index contributed by atoms with van der Waals surface area (Å²) < 4.78 is 5.38. The van der Waals surface area contributed by atoms with Gasteiger partial charge in [-0.2, -0.15) is 0 Å². The van der Waals surface area contributed by atoms with Crippen molar-refractivity contribution >= 4 is 17.5 Å². The van der Waals surface area contributed by atoms with Gasteiger partial charge in [0.05, 0.1) is 18.8 Å². The average molecular weight is 497 g/mol. The van der Waals surface area contributed by atoms with Crippen LogP contribution in [0.4, 0.5) is 0 Å². The van der Waals surface area contributed by atoms with E-state index in [0.29, 0.717) is 12.0 Å². The van der Waals surface area contributed by atoms with E-state index in [1.807, 2.05) is 19.9 Å². The molecule has 7 unspecified atom stereocenters. The van der Waals surface area contributed by atoms with Crippen LogP contribution in [0.1, 0.15) is 92.9 Å². The molecule has 0 aromatic rings. The number of ether oxygens (including phenoxy) is 1. The van der Waals surface area contributed by atoms with Gasteiger partial charge in [0, 0.05) is 16.9 Å². The van der Waals surface area contributed by atoms with Gasteiger partial charge in [-0.05, 0) is 91.4 Å². The number of ketones is 2. The van der Waals surface area contributed by atoms with Crippen LogP contribution in [0.3, 0.4) is 0 Å². The van der Waals surface area contributed by atoms with Gasteiger partial charge in [0.25, 0.3) is 0 Å². The molecule has 0 aromatic carbocycles. The first kappa shape index (κ1) is 25.7. The summed E-state index contributed by atoms with van der Waals surface area (Å²) in [7, 11) is 1.49. The summed E-state index contributed by atoms with van der Waals surface area (Å²) in [6.07, 6.45) is 9.55. The highest BCUT2D eigenvalue weighted by Crippen LogP contribution is 2.71. The number of rotatable bonds is 1. The third kappa shape index (κ3) is 3.16. The fourth-order valence-electron chi connectivity index (χ4n) is 10.2. The highest BCUT2D eigenvalue weighted by Gasteiger charge is 2.67. The Hall–Kier alpha value is -1.91. The Morgan fingerprint density at radius 3 is 2.31 bits per heavy atom. The Morgan fingerprint density at radius 1 is 0.972 bits per heavy atom. The fourth-order valence-corrected chi connectivity index (χ4v) is 10.2. The van der Waals surface area contributed by atoms with E-state index in [-0.39, 0.29) is 57.5 Å². The number of Topliss-reactive ketones (excluding diaryl/α,β-unsaturated/α-hetero) is 1. The first-order valence-corrected chi connectivity index (χ1v) is 13.9. The van der Waals surface area contributed by atoms with Crippen LogP contribution in [0.25, 0.3) is 0 Å². The Morgan fingerprint density at radius 2 is 1.67 bits per heavy atom. The predicted molar refractivity (Wildman–Crippen MR) is 138 cm³/mol. The normalized spacial score (nSPS) is 46.1. The highest BCUT2D eigenvalue weighted by atomic mass is 16.5. The quantitative estimate of drug-likeness (QED) is 0.259. The summed E-state index contributed by atoms with van der Waals surface area (Å²) in [5.41, 5.74) is 0.0685. The highest BCUT2D eigenvalue weighted by molar-refractivity contribution is 6.01. The van der Waals surface area contributed by atoms with Gasteiger partial charge in [-0.3, -0.25) is 14.4 Å². The van der Waals surface area contributed by atoms with E-state index in [2.05, 4.69) is 27.7 Å². The largest absolute Gasteiger partial charge is 0.515 e. The van der Waals surface area contributed by atoms with E-state index in [1.165, 1.54) is 12.7 Å². The van der Waals surface area contributed by atoms with Crippen molar-refractivity contribution in [3.8, 4) is 0 Å². The second-order valence-corrected chi connectivity index (χ2v) is 14.6. The van der Waals surface area contributed by atoms with Crippen molar-refractivity contribution in [3.63, 3.8) is 0 Å². The molecule has 0 amide bonds. The second kappa shape index (κ2) is 7.80. The van der Waals surface area contributed by atoms with Crippen molar-refractivity contribution in [2.24, 2.45) is 50.7 Å². The molecule has 36 heavy (non-hydrogen) atoms. The zero-order chi connectivity index (χ0) is 26.5. The minimum absolute atomic E-state index is 0.00243. The van der Waals surface area contributed by atoms with E-state index in [4.69, 9.17) is 4.74 Å². The molecule has 0 heterocycles. The molecule has 0 aromatic heterocycles. The third-order valence-corrected chi connectivity index (χ3v) is 11.9. The number of fused-ring (bicyclic) bond motifs is 7. The van der Waals surface area contributed by atoms with Crippen molar-refractivity contribution in [2.45, 2.75) is 92.9 Å². The van der Waals surface area contributed by atoms with Gasteiger partial charge >= 0.3 is 5.97 Å². The molecule has 5 aliphatic carbocycles. The number of allylic oxidation sites excluding steroid dienone is 3. The Balaban J connectivity index is 1.63. The third-order valence-electron chi connectivity index (χ3n) is 11.9. The zero-order valence-corrected chi connectivity index (χ0v) is 23.2. The maximum absolute atomic E-state index is 14.2. The molecule has 0 spiro atoms. The van der Waals surface area contributed by atoms with Crippen molar-refractivity contribution in [2.75, 3.05) is 7.11 Å². The van der Waals surface area contributed by atoms with Gasteiger partial charge in [0.1, 0.15) is 0 Å². The predicted octanol–water partition coefficient (Wildman–Crippen LogP) is 6.37. The van der Waals surface area contributed by atoms with Crippen molar-refractivity contribution in [1.82, 2.24) is 0 Å². The number of methoxy groups -OCH3 is 1. The SMILES string of the molecule is COC(=O)C12CCC3C(C(=O)C=C4C3(C)CCC3C(C)(C)C(=O)/C(=C\O)CC43C)C1CC(C)(C)CC2. The number of carbonyl (C=O) groups is 3. The second-order valence-electron chi connectivity index (χ2n) is 14.6. The van der Waals surface area contributed by atoms with Crippen molar-refractivity contribution in [1.29, 1.82) is 0 Å².